The highest BCUT2D eigenvalue weighted by Gasteiger charge is 2.29. The molecule has 0 bridgehead atoms. The second-order valence-corrected chi connectivity index (χ2v) is 8.27. The smallest absolute Gasteiger partial charge is 0.191 e. The average molecular weight is 500 g/mol. The predicted molar refractivity (Wildman–Crippen MR) is 127 cm³/mol. The first-order valence-electron chi connectivity index (χ1n) is 10.5. The molecule has 0 radical (unpaired) electrons. The first-order valence-corrected chi connectivity index (χ1v) is 10.5. The van der Waals surface area contributed by atoms with Gasteiger partial charge in [-0.3, -0.25) is 9.89 Å². The Bertz CT molecular complexity index is 631. The molecule has 1 aromatic carbocycles. The summed E-state index contributed by atoms with van der Waals surface area (Å²) in [6, 6.07) is 9.46. The number of nitrogens with one attached hydrogen (secondary N) is 2. The number of halogens is 1. The Kier molecular flexibility index (Phi) is 9.50. The Morgan fingerprint density at radius 2 is 2.00 bits per heavy atom. The number of benzene rings is 1. The van der Waals surface area contributed by atoms with Gasteiger partial charge < -0.3 is 15.4 Å². The fraction of sp³-hybridized carbons (Fsp3) is 0.682. The Balaban J connectivity index is 0.00000280. The summed E-state index contributed by atoms with van der Waals surface area (Å²) in [5.74, 6) is 0.841. The molecule has 2 atom stereocenters. The number of likely N-dealkylation sites (tertiary alicyclic amines) is 1. The Labute approximate surface area is 187 Å². The van der Waals surface area contributed by atoms with Crippen molar-refractivity contribution < 1.29 is 4.74 Å². The van der Waals surface area contributed by atoms with E-state index in [0.29, 0.717) is 6.04 Å². The van der Waals surface area contributed by atoms with E-state index >= 15 is 0 Å². The van der Waals surface area contributed by atoms with Gasteiger partial charge in [0.15, 0.2) is 5.96 Å². The van der Waals surface area contributed by atoms with Crippen LogP contribution in [0.1, 0.15) is 57.1 Å². The molecule has 0 saturated carbocycles. The third-order valence-corrected chi connectivity index (χ3v) is 6.03. The lowest BCUT2D eigenvalue weighted by atomic mass is 10.0. The summed E-state index contributed by atoms with van der Waals surface area (Å²) < 4.78 is 5.86. The number of guanidine groups is 1. The summed E-state index contributed by atoms with van der Waals surface area (Å²) in [7, 11) is 1.83. The highest BCUT2D eigenvalue weighted by Crippen LogP contribution is 2.24. The van der Waals surface area contributed by atoms with Crippen molar-refractivity contribution in [1.29, 1.82) is 0 Å². The number of ether oxygens (including phenoxy) is 1. The molecule has 6 heteroatoms. The normalized spacial score (nSPS) is 26.0. The van der Waals surface area contributed by atoms with E-state index in [4.69, 9.17) is 4.74 Å². The van der Waals surface area contributed by atoms with Gasteiger partial charge in [0.2, 0.25) is 0 Å². The number of hydrogen-bond acceptors (Lipinski definition) is 3. The second kappa shape index (κ2) is 11.4. The average Bonchev–Trinajstić information content (AvgIpc) is 3.11. The molecule has 158 valence electrons. The van der Waals surface area contributed by atoms with Crippen LogP contribution in [0.25, 0.3) is 0 Å². The van der Waals surface area contributed by atoms with Crippen LogP contribution in [0.4, 0.5) is 0 Å². The first-order chi connectivity index (χ1) is 13.1. The zero-order chi connectivity index (χ0) is 19.1. The van der Waals surface area contributed by atoms with E-state index in [1.54, 1.807) is 0 Å². The van der Waals surface area contributed by atoms with Crippen molar-refractivity contribution >= 4 is 29.9 Å². The van der Waals surface area contributed by atoms with Crippen LogP contribution >= 0.6 is 24.0 Å². The SMILES string of the molecule is CN=C(NCc1ccccc1CN1CCCCC1C)NCC1(C)CCCO1.I. The van der Waals surface area contributed by atoms with Gasteiger partial charge in [0.1, 0.15) is 0 Å². The Morgan fingerprint density at radius 3 is 2.68 bits per heavy atom. The summed E-state index contributed by atoms with van der Waals surface area (Å²) in [4.78, 5) is 7.00. The van der Waals surface area contributed by atoms with Crippen LogP contribution in [-0.2, 0) is 17.8 Å². The van der Waals surface area contributed by atoms with Crippen molar-refractivity contribution in [1.82, 2.24) is 15.5 Å². The van der Waals surface area contributed by atoms with Crippen LogP contribution in [-0.4, -0.2) is 49.2 Å². The molecule has 3 rings (SSSR count). The van der Waals surface area contributed by atoms with Gasteiger partial charge in [-0.05, 0) is 57.2 Å². The van der Waals surface area contributed by atoms with Crippen LogP contribution in [0.15, 0.2) is 29.3 Å². The van der Waals surface area contributed by atoms with Crippen molar-refractivity contribution in [2.45, 2.75) is 70.7 Å². The van der Waals surface area contributed by atoms with E-state index < -0.39 is 0 Å². The number of piperidine rings is 1. The van der Waals surface area contributed by atoms with Crippen molar-refractivity contribution in [2.24, 2.45) is 4.99 Å². The van der Waals surface area contributed by atoms with E-state index in [1.165, 1.54) is 36.9 Å². The molecule has 2 fully saturated rings. The first kappa shape index (κ1) is 23.4. The fourth-order valence-corrected chi connectivity index (χ4v) is 4.14. The van der Waals surface area contributed by atoms with Gasteiger partial charge in [-0.15, -0.1) is 24.0 Å². The third kappa shape index (κ3) is 6.59. The minimum atomic E-state index is -0.0695. The van der Waals surface area contributed by atoms with Gasteiger partial charge in [0.05, 0.1) is 5.60 Å². The summed E-state index contributed by atoms with van der Waals surface area (Å²) in [5, 5.41) is 6.91. The zero-order valence-corrected chi connectivity index (χ0v) is 20.0. The van der Waals surface area contributed by atoms with Crippen LogP contribution in [0.2, 0.25) is 0 Å². The number of nitrogens with zero attached hydrogens (tertiary/aromatic N) is 2. The van der Waals surface area contributed by atoms with E-state index in [0.717, 1.165) is 45.0 Å². The maximum atomic E-state index is 5.86. The van der Waals surface area contributed by atoms with E-state index in [-0.39, 0.29) is 29.6 Å². The molecular weight excluding hydrogens is 463 g/mol. The molecule has 2 aliphatic heterocycles. The molecule has 2 unspecified atom stereocenters. The molecule has 2 N–H and O–H groups in total. The maximum Gasteiger partial charge on any atom is 0.191 e. The number of aliphatic imine (C=N–C) groups is 1. The van der Waals surface area contributed by atoms with E-state index in [9.17, 15) is 0 Å². The van der Waals surface area contributed by atoms with Gasteiger partial charge in [-0.1, -0.05) is 30.7 Å². The van der Waals surface area contributed by atoms with Crippen molar-refractivity contribution in [3.63, 3.8) is 0 Å². The Morgan fingerprint density at radius 1 is 1.21 bits per heavy atom. The maximum absolute atomic E-state index is 5.86. The van der Waals surface area contributed by atoms with Crippen molar-refractivity contribution in [3.05, 3.63) is 35.4 Å². The molecule has 0 aliphatic carbocycles. The van der Waals surface area contributed by atoms with E-state index in [1.807, 2.05) is 7.05 Å². The molecule has 2 heterocycles. The topological polar surface area (TPSA) is 48.9 Å². The monoisotopic (exact) mass is 500 g/mol. The predicted octanol–water partition coefficient (Wildman–Crippen LogP) is 3.91. The fourth-order valence-electron chi connectivity index (χ4n) is 4.14. The van der Waals surface area contributed by atoms with Gasteiger partial charge in [-0.25, -0.2) is 0 Å². The minimum Gasteiger partial charge on any atom is -0.373 e. The third-order valence-electron chi connectivity index (χ3n) is 6.03. The van der Waals surface area contributed by atoms with Crippen LogP contribution in [0, 0.1) is 0 Å². The lowest BCUT2D eigenvalue weighted by Gasteiger charge is -2.33. The van der Waals surface area contributed by atoms with Crippen molar-refractivity contribution in [2.75, 3.05) is 26.7 Å². The van der Waals surface area contributed by atoms with Gasteiger partial charge in [0.25, 0.3) is 0 Å². The van der Waals surface area contributed by atoms with Crippen LogP contribution in [0.3, 0.4) is 0 Å². The van der Waals surface area contributed by atoms with Crippen LogP contribution < -0.4 is 10.6 Å². The molecule has 2 saturated heterocycles. The summed E-state index contributed by atoms with van der Waals surface area (Å²) >= 11 is 0. The molecule has 0 amide bonds. The molecule has 2 aliphatic rings. The lowest BCUT2D eigenvalue weighted by molar-refractivity contribution is 0.0243. The van der Waals surface area contributed by atoms with Crippen LogP contribution in [0.5, 0.6) is 0 Å². The highest BCUT2D eigenvalue weighted by atomic mass is 127. The number of hydrogen-bond donors (Lipinski definition) is 2. The second-order valence-electron chi connectivity index (χ2n) is 8.27. The minimum absolute atomic E-state index is 0. The van der Waals surface area contributed by atoms with E-state index in [2.05, 4.69) is 58.6 Å². The largest absolute Gasteiger partial charge is 0.373 e. The highest BCUT2D eigenvalue weighted by molar-refractivity contribution is 14.0. The summed E-state index contributed by atoms with van der Waals surface area (Å²) in [6.45, 7) is 9.23. The number of rotatable bonds is 6. The lowest BCUT2D eigenvalue weighted by Crippen LogP contribution is -2.45. The summed E-state index contributed by atoms with van der Waals surface area (Å²) in [5.41, 5.74) is 2.70. The molecular formula is C22H37IN4O. The van der Waals surface area contributed by atoms with Gasteiger partial charge in [0, 0.05) is 39.3 Å². The van der Waals surface area contributed by atoms with Gasteiger partial charge >= 0.3 is 0 Å². The van der Waals surface area contributed by atoms with Crippen molar-refractivity contribution in [3.8, 4) is 0 Å². The molecule has 1 aromatic rings. The molecule has 0 spiro atoms. The summed E-state index contributed by atoms with van der Waals surface area (Å²) in [6.07, 6.45) is 6.26. The molecule has 28 heavy (non-hydrogen) atoms. The van der Waals surface area contributed by atoms with Gasteiger partial charge in [-0.2, -0.15) is 0 Å². The molecule has 0 aromatic heterocycles. The molecule has 5 nitrogen and oxygen atoms in total. The Hall–Kier alpha value is -0.860. The quantitative estimate of drug-likeness (QED) is 0.353. The standard InChI is InChI=1S/C22H36N4O.HI/c1-18-9-6-7-13-26(18)16-20-11-5-4-10-19(20)15-24-21(23-3)25-17-22(2)12-8-14-27-22;/h4-5,10-11,18H,6-9,12-17H2,1-3H3,(H2,23,24,25);1H. The zero-order valence-electron chi connectivity index (χ0n) is 17.7.